The molecule has 1 saturated heterocycles. The highest BCUT2D eigenvalue weighted by atomic mass is 16.6. The van der Waals surface area contributed by atoms with Crippen molar-refractivity contribution in [3.8, 4) is 0 Å². The first kappa shape index (κ1) is 15.5. The van der Waals surface area contributed by atoms with Crippen molar-refractivity contribution in [1.82, 2.24) is 10.6 Å². The number of nitrogens with zero attached hydrogens (tertiary/aromatic N) is 2. The van der Waals surface area contributed by atoms with Crippen molar-refractivity contribution in [1.29, 1.82) is 0 Å². The summed E-state index contributed by atoms with van der Waals surface area (Å²) in [5.74, 6) is -0.604. The lowest BCUT2D eigenvalue weighted by molar-refractivity contribution is -0.385. The van der Waals surface area contributed by atoms with Crippen LogP contribution in [0.25, 0.3) is 6.08 Å². The number of hydrogen-bond donors (Lipinski definition) is 2. The number of imide groups is 1. The summed E-state index contributed by atoms with van der Waals surface area (Å²) in [6.45, 7) is 5.46. The molecule has 1 heterocycles. The van der Waals surface area contributed by atoms with Gasteiger partial charge in [0, 0.05) is 24.8 Å². The molecule has 1 aliphatic heterocycles. The maximum absolute atomic E-state index is 11.6. The first-order chi connectivity index (χ1) is 10.5. The van der Waals surface area contributed by atoms with Crippen molar-refractivity contribution in [3.05, 3.63) is 39.6 Å². The SMILES string of the molecule is CCN(CC)c1ccc([N+](=O)[O-])c(C=C2NC(=O)NC2=O)c1. The smallest absolute Gasteiger partial charge is 0.326 e. The summed E-state index contributed by atoms with van der Waals surface area (Å²) in [7, 11) is 0. The highest BCUT2D eigenvalue weighted by Gasteiger charge is 2.24. The van der Waals surface area contributed by atoms with Crippen molar-refractivity contribution >= 4 is 29.4 Å². The Labute approximate surface area is 126 Å². The number of carbonyl (C=O) groups excluding carboxylic acids is 2. The molecule has 8 heteroatoms. The number of urea groups is 1. The van der Waals surface area contributed by atoms with E-state index in [9.17, 15) is 19.7 Å². The molecule has 0 unspecified atom stereocenters. The summed E-state index contributed by atoms with van der Waals surface area (Å²) >= 11 is 0. The summed E-state index contributed by atoms with van der Waals surface area (Å²) < 4.78 is 0. The standard InChI is InChI=1S/C14H16N4O4/c1-3-17(4-2)10-5-6-12(18(21)22)9(7-10)8-11-13(19)16-14(20)15-11/h5-8H,3-4H2,1-2H3,(H2,15,16,19,20). The van der Waals surface area contributed by atoms with E-state index in [0.29, 0.717) is 0 Å². The van der Waals surface area contributed by atoms with E-state index in [1.54, 1.807) is 12.1 Å². The number of nitro groups is 1. The van der Waals surface area contributed by atoms with Gasteiger partial charge in [-0.15, -0.1) is 0 Å². The molecule has 2 rings (SSSR count). The number of benzene rings is 1. The van der Waals surface area contributed by atoms with Gasteiger partial charge in [0.1, 0.15) is 5.70 Å². The van der Waals surface area contributed by atoms with Crippen LogP contribution in [0.5, 0.6) is 0 Å². The van der Waals surface area contributed by atoms with Crippen LogP contribution in [-0.4, -0.2) is 30.0 Å². The number of hydrogen-bond acceptors (Lipinski definition) is 5. The average Bonchev–Trinajstić information content (AvgIpc) is 2.78. The minimum atomic E-state index is -0.640. The van der Waals surface area contributed by atoms with Gasteiger partial charge in [0.15, 0.2) is 0 Å². The van der Waals surface area contributed by atoms with Crippen molar-refractivity contribution in [2.45, 2.75) is 13.8 Å². The average molecular weight is 304 g/mol. The van der Waals surface area contributed by atoms with E-state index >= 15 is 0 Å². The second kappa shape index (κ2) is 6.25. The van der Waals surface area contributed by atoms with E-state index in [0.717, 1.165) is 18.8 Å². The molecule has 22 heavy (non-hydrogen) atoms. The molecule has 116 valence electrons. The molecule has 8 nitrogen and oxygen atoms in total. The summed E-state index contributed by atoms with van der Waals surface area (Å²) in [6.07, 6.45) is 1.31. The lowest BCUT2D eigenvalue weighted by Gasteiger charge is -2.21. The van der Waals surface area contributed by atoms with Gasteiger partial charge >= 0.3 is 6.03 Å². The number of anilines is 1. The van der Waals surface area contributed by atoms with Gasteiger partial charge in [0.2, 0.25) is 0 Å². The molecular weight excluding hydrogens is 288 g/mol. The summed E-state index contributed by atoms with van der Waals surface area (Å²) in [4.78, 5) is 35.3. The van der Waals surface area contributed by atoms with Crippen LogP contribution in [0.1, 0.15) is 19.4 Å². The van der Waals surface area contributed by atoms with E-state index in [4.69, 9.17) is 0 Å². The van der Waals surface area contributed by atoms with Crippen molar-refractivity contribution in [3.63, 3.8) is 0 Å². The second-order valence-corrected chi connectivity index (χ2v) is 4.64. The number of carbonyl (C=O) groups is 2. The van der Waals surface area contributed by atoms with Crippen LogP contribution in [0.4, 0.5) is 16.2 Å². The lowest BCUT2D eigenvalue weighted by atomic mass is 10.1. The Morgan fingerprint density at radius 1 is 1.23 bits per heavy atom. The van der Waals surface area contributed by atoms with Crippen molar-refractivity contribution < 1.29 is 14.5 Å². The zero-order chi connectivity index (χ0) is 16.3. The van der Waals surface area contributed by atoms with E-state index in [1.165, 1.54) is 12.1 Å². The minimum Gasteiger partial charge on any atom is -0.372 e. The normalized spacial score (nSPS) is 15.6. The molecule has 0 atom stereocenters. The van der Waals surface area contributed by atoms with Crippen LogP contribution in [0.2, 0.25) is 0 Å². The Balaban J connectivity index is 2.49. The van der Waals surface area contributed by atoms with E-state index in [1.807, 2.05) is 18.7 Å². The van der Waals surface area contributed by atoms with Crippen LogP contribution >= 0.6 is 0 Å². The molecule has 0 aliphatic carbocycles. The maximum Gasteiger partial charge on any atom is 0.326 e. The second-order valence-electron chi connectivity index (χ2n) is 4.64. The molecule has 3 amide bonds. The molecule has 0 aromatic heterocycles. The fraction of sp³-hybridized carbons (Fsp3) is 0.286. The predicted molar refractivity (Wildman–Crippen MR) is 81.3 cm³/mol. The Bertz CT molecular complexity index is 665. The van der Waals surface area contributed by atoms with Gasteiger partial charge in [0.25, 0.3) is 11.6 Å². The summed E-state index contributed by atoms with van der Waals surface area (Å²) in [6, 6.07) is 4.06. The predicted octanol–water partition coefficient (Wildman–Crippen LogP) is 1.62. The third-order valence-electron chi connectivity index (χ3n) is 3.36. The highest BCUT2D eigenvalue weighted by Crippen LogP contribution is 2.27. The Hall–Kier alpha value is -2.90. The van der Waals surface area contributed by atoms with Gasteiger partial charge in [-0.3, -0.25) is 20.2 Å². The minimum absolute atomic E-state index is 0.00945. The first-order valence-corrected chi connectivity index (χ1v) is 6.83. The van der Waals surface area contributed by atoms with Gasteiger partial charge in [-0.25, -0.2) is 4.79 Å². The van der Waals surface area contributed by atoms with Crippen molar-refractivity contribution in [2.75, 3.05) is 18.0 Å². The molecule has 0 bridgehead atoms. The molecule has 0 radical (unpaired) electrons. The van der Waals surface area contributed by atoms with Crippen LogP contribution < -0.4 is 15.5 Å². The zero-order valence-corrected chi connectivity index (χ0v) is 12.3. The fourth-order valence-electron chi connectivity index (χ4n) is 2.25. The van der Waals surface area contributed by atoms with Gasteiger partial charge in [-0.2, -0.15) is 0 Å². The summed E-state index contributed by atoms with van der Waals surface area (Å²) in [5, 5.41) is 15.5. The summed E-state index contributed by atoms with van der Waals surface area (Å²) in [5.41, 5.74) is 0.941. The monoisotopic (exact) mass is 304 g/mol. The zero-order valence-electron chi connectivity index (χ0n) is 12.3. The Kier molecular flexibility index (Phi) is 4.40. The molecule has 1 aromatic rings. The molecule has 1 aromatic carbocycles. The van der Waals surface area contributed by atoms with Gasteiger partial charge in [-0.05, 0) is 32.1 Å². The highest BCUT2D eigenvalue weighted by molar-refractivity contribution is 6.14. The Morgan fingerprint density at radius 3 is 2.41 bits per heavy atom. The topological polar surface area (TPSA) is 105 Å². The largest absolute Gasteiger partial charge is 0.372 e. The number of nitro benzene ring substituents is 1. The van der Waals surface area contributed by atoms with Gasteiger partial charge in [0.05, 0.1) is 10.5 Å². The van der Waals surface area contributed by atoms with E-state index < -0.39 is 16.9 Å². The fourth-order valence-corrected chi connectivity index (χ4v) is 2.25. The van der Waals surface area contributed by atoms with E-state index in [2.05, 4.69) is 10.6 Å². The molecule has 2 N–H and O–H groups in total. The number of amides is 3. The maximum atomic E-state index is 11.6. The number of nitrogens with one attached hydrogen (secondary N) is 2. The third-order valence-corrected chi connectivity index (χ3v) is 3.36. The van der Waals surface area contributed by atoms with Crippen molar-refractivity contribution in [2.24, 2.45) is 0 Å². The van der Waals surface area contributed by atoms with Gasteiger partial charge < -0.3 is 10.2 Å². The van der Waals surface area contributed by atoms with E-state index in [-0.39, 0.29) is 16.9 Å². The Morgan fingerprint density at radius 2 is 1.91 bits per heavy atom. The lowest BCUT2D eigenvalue weighted by Crippen LogP contribution is -2.22. The molecular formula is C14H16N4O4. The molecule has 1 aliphatic rings. The van der Waals surface area contributed by atoms with Gasteiger partial charge in [-0.1, -0.05) is 0 Å². The molecule has 0 saturated carbocycles. The number of rotatable bonds is 5. The molecule has 1 fully saturated rings. The third kappa shape index (κ3) is 3.05. The van der Waals surface area contributed by atoms with Crippen LogP contribution in [0.3, 0.4) is 0 Å². The van der Waals surface area contributed by atoms with Crippen LogP contribution in [0, 0.1) is 10.1 Å². The quantitative estimate of drug-likeness (QED) is 0.372. The molecule has 0 spiro atoms. The van der Waals surface area contributed by atoms with Crippen LogP contribution in [0.15, 0.2) is 23.9 Å². The van der Waals surface area contributed by atoms with Crippen LogP contribution in [-0.2, 0) is 4.79 Å². The first-order valence-electron chi connectivity index (χ1n) is 6.83.